The number of halogens is 1. The van der Waals surface area contributed by atoms with E-state index in [2.05, 4.69) is 9.56 Å². The van der Waals surface area contributed by atoms with Crippen molar-refractivity contribution in [2.75, 3.05) is 13.2 Å². The lowest BCUT2D eigenvalue weighted by molar-refractivity contribution is -0.121. The topological polar surface area (TPSA) is 43.6 Å². The molecule has 1 heterocycles. The molecule has 1 aromatic heterocycles. The second kappa shape index (κ2) is 7.60. The number of carbonyl (C=O) groups is 1. The minimum absolute atomic E-state index is 0.0188. The summed E-state index contributed by atoms with van der Waals surface area (Å²) in [6, 6.07) is 5.79. The largest absolute Gasteiger partial charge is 0.380 e. The Bertz CT molecular complexity index is 760. The van der Waals surface area contributed by atoms with Gasteiger partial charge in [-0.1, -0.05) is 35.8 Å². The molecule has 4 nitrogen and oxygen atoms in total. The Morgan fingerprint density at radius 1 is 1.43 bits per heavy atom. The first-order valence-electron chi connectivity index (χ1n) is 8.14. The zero-order valence-electron chi connectivity index (χ0n) is 13.3. The fourth-order valence-corrected chi connectivity index (χ4v) is 4.34. The van der Waals surface area contributed by atoms with Crippen molar-refractivity contribution in [3.8, 4) is 0 Å². The Labute approximate surface area is 144 Å². The lowest BCUT2D eigenvalue weighted by atomic mass is 10.1. The van der Waals surface area contributed by atoms with Gasteiger partial charge in [0.1, 0.15) is 0 Å². The smallest absolute Gasteiger partial charge is 0.251 e. The molecule has 0 radical (unpaired) electrons. The summed E-state index contributed by atoms with van der Waals surface area (Å²) < 4.78 is 8.59. The second-order valence-electron chi connectivity index (χ2n) is 5.78. The summed E-state index contributed by atoms with van der Waals surface area (Å²) in [5.74, 6) is 0.120. The molecule has 0 N–H and O–H groups in total. The number of ether oxygens (including phenoxy) is 1. The highest BCUT2D eigenvalue weighted by molar-refractivity contribution is 7.16. The number of rotatable bonds is 5. The number of amides is 1. The fraction of sp³-hybridized carbons (Fsp3) is 0.529. The Morgan fingerprint density at radius 3 is 2.96 bits per heavy atom. The highest BCUT2D eigenvalue weighted by atomic mass is 35.5. The van der Waals surface area contributed by atoms with Crippen LogP contribution in [-0.2, 0) is 16.1 Å². The summed E-state index contributed by atoms with van der Waals surface area (Å²) in [6.07, 6.45) is 4.21. The van der Waals surface area contributed by atoms with Crippen LogP contribution >= 0.6 is 22.9 Å². The first-order valence-corrected chi connectivity index (χ1v) is 9.33. The monoisotopic (exact) mass is 352 g/mol. The van der Waals surface area contributed by atoms with Crippen LogP contribution in [0.1, 0.15) is 32.6 Å². The van der Waals surface area contributed by atoms with Crippen molar-refractivity contribution >= 4 is 39.1 Å². The van der Waals surface area contributed by atoms with Crippen molar-refractivity contribution in [1.82, 2.24) is 4.57 Å². The van der Waals surface area contributed by atoms with Gasteiger partial charge in [-0.2, -0.15) is 4.99 Å². The molecule has 0 atom stereocenters. The van der Waals surface area contributed by atoms with E-state index in [9.17, 15) is 4.79 Å². The van der Waals surface area contributed by atoms with Gasteiger partial charge in [0.2, 0.25) is 0 Å². The summed E-state index contributed by atoms with van der Waals surface area (Å²) >= 11 is 7.61. The molecule has 1 aromatic carbocycles. The molecule has 2 aromatic rings. The minimum atomic E-state index is 0.0188. The van der Waals surface area contributed by atoms with Gasteiger partial charge in [-0.15, -0.1) is 0 Å². The summed E-state index contributed by atoms with van der Waals surface area (Å²) in [6.45, 7) is 3.95. The van der Waals surface area contributed by atoms with Crippen LogP contribution in [0.25, 0.3) is 10.2 Å². The molecule has 6 heteroatoms. The number of thiazole rings is 1. The van der Waals surface area contributed by atoms with Gasteiger partial charge in [-0.25, -0.2) is 0 Å². The maximum Gasteiger partial charge on any atom is 0.251 e. The summed E-state index contributed by atoms with van der Waals surface area (Å²) in [4.78, 5) is 17.6. The number of benzene rings is 1. The highest BCUT2D eigenvalue weighted by Gasteiger charge is 2.22. The summed E-state index contributed by atoms with van der Waals surface area (Å²) in [7, 11) is 0. The molecule has 0 unspecified atom stereocenters. The minimum Gasteiger partial charge on any atom is -0.380 e. The van der Waals surface area contributed by atoms with Crippen molar-refractivity contribution < 1.29 is 9.53 Å². The maximum atomic E-state index is 12.4. The Balaban J connectivity index is 1.99. The van der Waals surface area contributed by atoms with Crippen LogP contribution in [-0.4, -0.2) is 23.7 Å². The summed E-state index contributed by atoms with van der Waals surface area (Å²) in [5, 5.41) is 0.698. The average molecular weight is 353 g/mol. The lowest BCUT2D eigenvalue weighted by Crippen LogP contribution is -2.21. The molecule has 1 saturated carbocycles. The van der Waals surface area contributed by atoms with Crippen molar-refractivity contribution in [3.63, 3.8) is 0 Å². The van der Waals surface area contributed by atoms with E-state index in [-0.39, 0.29) is 11.8 Å². The second-order valence-corrected chi connectivity index (χ2v) is 7.22. The van der Waals surface area contributed by atoms with Crippen molar-refractivity contribution in [1.29, 1.82) is 0 Å². The van der Waals surface area contributed by atoms with E-state index in [0.29, 0.717) is 24.8 Å². The zero-order chi connectivity index (χ0) is 16.2. The number of aromatic nitrogens is 1. The van der Waals surface area contributed by atoms with Crippen molar-refractivity contribution in [2.24, 2.45) is 10.9 Å². The lowest BCUT2D eigenvalue weighted by Gasteiger charge is -2.06. The van der Waals surface area contributed by atoms with Crippen LogP contribution in [0.4, 0.5) is 0 Å². The van der Waals surface area contributed by atoms with E-state index in [1.54, 1.807) is 0 Å². The molecule has 0 bridgehead atoms. The van der Waals surface area contributed by atoms with E-state index < -0.39 is 0 Å². The van der Waals surface area contributed by atoms with Gasteiger partial charge in [0.05, 0.1) is 16.8 Å². The Hall–Kier alpha value is -1.17. The number of nitrogens with zero attached hydrogens (tertiary/aromatic N) is 2. The molecule has 124 valence electrons. The molecular weight excluding hydrogens is 332 g/mol. The van der Waals surface area contributed by atoms with Crippen LogP contribution in [0, 0.1) is 5.92 Å². The van der Waals surface area contributed by atoms with Crippen LogP contribution < -0.4 is 4.80 Å². The van der Waals surface area contributed by atoms with E-state index in [1.165, 1.54) is 11.3 Å². The predicted molar refractivity (Wildman–Crippen MR) is 93.8 cm³/mol. The Morgan fingerprint density at radius 2 is 2.22 bits per heavy atom. The molecule has 0 spiro atoms. The average Bonchev–Trinajstić information content (AvgIpc) is 3.16. The number of fused-ring (bicyclic) bond motifs is 1. The summed E-state index contributed by atoms with van der Waals surface area (Å²) in [5.41, 5.74) is 1.05. The van der Waals surface area contributed by atoms with E-state index >= 15 is 0 Å². The third-order valence-corrected chi connectivity index (χ3v) is 5.49. The quantitative estimate of drug-likeness (QED) is 0.763. The molecule has 1 amide bonds. The highest BCUT2D eigenvalue weighted by Crippen LogP contribution is 2.26. The maximum absolute atomic E-state index is 12.4. The predicted octanol–water partition coefficient (Wildman–Crippen LogP) is 4.01. The van der Waals surface area contributed by atoms with Gasteiger partial charge < -0.3 is 9.30 Å². The molecule has 23 heavy (non-hydrogen) atoms. The van der Waals surface area contributed by atoms with Crippen LogP contribution in [0.2, 0.25) is 5.02 Å². The molecule has 3 rings (SSSR count). The molecule has 1 aliphatic rings. The fourth-order valence-electron chi connectivity index (χ4n) is 3.01. The van der Waals surface area contributed by atoms with E-state index in [1.807, 2.05) is 25.1 Å². The van der Waals surface area contributed by atoms with Crippen LogP contribution in [0.3, 0.4) is 0 Å². The third-order valence-electron chi connectivity index (χ3n) is 4.22. The van der Waals surface area contributed by atoms with Crippen LogP contribution in [0.15, 0.2) is 23.2 Å². The molecule has 1 aliphatic carbocycles. The SMILES string of the molecule is CCOCCn1c(=NC(=O)C2CCCC2)sc2cc(Cl)ccc21. The van der Waals surface area contributed by atoms with Crippen LogP contribution in [0.5, 0.6) is 0 Å². The first-order chi connectivity index (χ1) is 11.2. The molecule has 0 saturated heterocycles. The number of carbonyl (C=O) groups excluding carboxylic acids is 1. The van der Waals surface area contributed by atoms with Gasteiger partial charge in [0, 0.05) is 24.1 Å². The van der Waals surface area contributed by atoms with Crippen molar-refractivity contribution in [2.45, 2.75) is 39.2 Å². The first kappa shape index (κ1) is 16.7. The molecule has 1 fully saturated rings. The molecular formula is C17H21ClN2O2S. The van der Waals surface area contributed by atoms with E-state index in [0.717, 1.165) is 40.7 Å². The van der Waals surface area contributed by atoms with Gasteiger partial charge in [0.25, 0.3) is 5.91 Å². The molecule has 0 aliphatic heterocycles. The third kappa shape index (κ3) is 3.84. The zero-order valence-corrected chi connectivity index (χ0v) is 14.8. The van der Waals surface area contributed by atoms with Gasteiger partial charge >= 0.3 is 0 Å². The van der Waals surface area contributed by atoms with Crippen molar-refractivity contribution in [3.05, 3.63) is 28.0 Å². The van der Waals surface area contributed by atoms with E-state index in [4.69, 9.17) is 16.3 Å². The number of hydrogen-bond acceptors (Lipinski definition) is 3. The Kier molecular flexibility index (Phi) is 5.51. The van der Waals surface area contributed by atoms with Gasteiger partial charge in [-0.05, 0) is 38.0 Å². The van der Waals surface area contributed by atoms with Gasteiger partial charge in [0.15, 0.2) is 4.80 Å². The number of hydrogen-bond donors (Lipinski definition) is 0. The van der Waals surface area contributed by atoms with Gasteiger partial charge in [-0.3, -0.25) is 4.79 Å². The normalized spacial score (nSPS) is 16.5. The standard InChI is InChI=1S/C17H21ClN2O2S/c1-2-22-10-9-20-14-8-7-13(18)11-15(14)23-17(20)19-16(21)12-5-3-4-6-12/h7-8,11-12H,2-6,9-10H2,1H3.